The van der Waals surface area contributed by atoms with Crippen LogP contribution < -0.4 is 0 Å². The Balaban J connectivity index is 1.55. The predicted octanol–water partition coefficient (Wildman–Crippen LogP) is 2.94. The zero-order chi connectivity index (χ0) is 20.9. The number of amides is 1. The number of likely N-dealkylation sites (N-methyl/N-ethyl adjacent to an activating group) is 1. The summed E-state index contributed by atoms with van der Waals surface area (Å²) in [6.45, 7) is 2.85. The third-order valence-corrected chi connectivity index (χ3v) is 5.16. The van der Waals surface area contributed by atoms with Crippen LogP contribution in [-0.4, -0.2) is 55.3 Å². The summed E-state index contributed by atoms with van der Waals surface area (Å²) < 4.78 is 4.06. The van der Waals surface area contributed by atoms with Gasteiger partial charge in [0.15, 0.2) is 5.69 Å². The number of imidazole rings is 2. The molecular weight excluding hydrogens is 376 g/mol. The van der Waals surface area contributed by atoms with Crippen molar-refractivity contribution in [2.45, 2.75) is 19.6 Å². The van der Waals surface area contributed by atoms with Crippen molar-refractivity contribution < 1.29 is 4.79 Å². The third-order valence-electron chi connectivity index (χ3n) is 5.16. The molecule has 0 spiro atoms. The molecule has 0 aliphatic carbocycles. The Morgan fingerprint density at radius 1 is 1.00 bits per heavy atom. The number of carbonyl (C=O) groups is 1. The molecule has 3 heterocycles. The van der Waals surface area contributed by atoms with Crippen LogP contribution in [0, 0.1) is 0 Å². The summed E-state index contributed by atoms with van der Waals surface area (Å²) in [6, 6.07) is 15.8. The lowest BCUT2D eigenvalue weighted by Gasteiger charge is -2.20. The Morgan fingerprint density at radius 3 is 2.57 bits per heavy atom. The van der Waals surface area contributed by atoms with Gasteiger partial charge < -0.3 is 13.9 Å². The highest BCUT2D eigenvalue weighted by molar-refractivity contribution is 5.94. The van der Waals surface area contributed by atoms with Gasteiger partial charge >= 0.3 is 0 Å². The average Bonchev–Trinajstić information content (AvgIpc) is 3.41. The van der Waals surface area contributed by atoms with E-state index in [0.717, 1.165) is 30.0 Å². The predicted molar refractivity (Wildman–Crippen MR) is 116 cm³/mol. The minimum atomic E-state index is -0.0689. The number of carbonyl (C=O) groups excluding carboxylic acids is 1. The molecule has 7 heteroatoms. The molecule has 0 saturated heterocycles. The second-order valence-electron chi connectivity index (χ2n) is 7.52. The van der Waals surface area contributed by atoms with Crippen molar-refractivity contribution in [2.75, 3.05) is 20.6 Å². The van der Waals surface area contributed by atoms with Crippen LogP contribution in [0.4, 0.5) is 0 Å². The van der Waals surface area contributed by atoms with Crippen LogP contribution >= 0.6 is 0 Å². The Hall–Kier alpha value is -3.45. The number of fused-ring (bicyclic) bond motifs is 1. The van der Waals surface area contributed by atoms with Gasteiger partial charge in [0.05, 0.1) is 12.0 Å². The van der Waals surface area contributed by atoms with E-state index in [4.69, 9.17) is 0 Å². The monoisotopic (exact) mass is 402 g/mol. The molecule has 0 atom stereocenters. The number of pyridine rings is 1. The Morgan fingerprint density at radius 2 is 1.80 bits per heavy atom. The number of nitrogens with zero attached hydrogens (tertiary/aromatic N) is 6. The van der Waals surface area contributed by atoms with E-state index >= 15 is 0 Å². The van der Waals surface area contributed by atoms with E-state index < -0.39 is 0 Å². The molecule has 4 rings (SSSR count). The lowest BCUT2D eigenvalue weighted by Crippen LogP contribution is -2.29. The summed E-state index contributed by atoms with van der Waals surface area (Å²) in [5, 5.41) is 0. The number of rotatable bonds is 8. The van der Waals surface area contributed by atoms with Crippen molar-refractivity contribution in [3.63, 3.8) is 0 Å². The lowest BCUT2D eigenvalue weighted by atomic mass is 10.2. The topological polar surface area (TPSA) is 58.7 Å². The van der Waals surface area contributed by atoms with Gasteiger partial charge in [0.25, 0.3) is 5.91 Å². The summed E-state index contributed by atoms with van der Waals surface area (Å²) >= 11 is 0. The van der Waals surface area contributed by atoms with Gasteiger partial charge in [0, 0.05) is 51.8 Å². The molecule has 0 unspecified atom stereocenters. The zero-order valence-corrected chi connectivity index (χ0v) is 17.3. The molecule has 7 nitrogen and oxygen atoms in total. The molecule has 154 valence electrons. The van der Waals surface area contributed by atoms with Crippen LogP contribution in [-0.2, 0) is 19.6 Å². The maximum Gasteiger partial charge on any atom is 0.274 e. The van der Waals surface area contributed by atoms with Gasteiger partial charge in [0.2, 0.25) is 0 Å². The van der Waals surface area contributed by atoms with E-state index in [-0.39, 0.29) is 5.91 Å². The number of hydrogen-bond donors (Lipinski definition) is 0. The first-order valence-corrected chi connectivity index (χ1v) is 10.0. The maximum atomic E-state index is 13.3. The Labute approximate surface area is 176 Å². The van der Waals surface area contributed by atoms with E-state index in [0.29, 0.717) is 18.8 Å². The van der Waals surface area contributed by atoms with Crippen molar-refractivity contribution in [3.8, 4) is 0 Å². The fourth-order valence-electron chi connectivity index (χ4n) is 3.52. The Kier molecular flexibility index (Phi) is 5.90. The number of hydrogen-bond acceptors (Lipinski definition) is 4. The highest BCUT2D eigenvalue weighted by Crippen LogP contribution is 2.17. The Bertz CT molecular complexity index is 1100. The molecule has 30 heavy (non-hydrogen) atoms. The van der Waals surface area contributed by atoms with E-state index in [1.165, 1.54) is 0 Å². The highest BCUT2D eigenvalue weighted by Gasteiger charge is 2.22. The first kappa shape index (κ1) is 19.8. The molecule has 0 radical (unpaired) electrons. The summed E-state index contributed by atoms with van der Waals surface area (Å²) in [5.41, 5.74) is 3.29. The van der Waals surface area contributed by atoms with Gasteiger partial charge in [-0.15, -0.1) is 0 Å². The van der Waals surface area contributed by atoms with Crippen molar-refractivity contribution >= 4 is 11.6 Å². The van der Waals surface area contributed by atoms with E-state index in [1.54, 1.807) is 11.1 Å². The molecule has 3 aromatic heterocycles. The van der Waals surface area contributed by atoms with Crippen LogP contribution in [0.5, 0.6) is 0 Å². The normalized spacial score (nSPS) is 11.3. The molecule has 0 saturated carbocycles. The zero-order valence-electron chi connectivity index (χ0n) is 17.3. The standard InChI is InChI=1S/C23H26N6O/c1-26(14-15-28-13-11-24-18-28)17-20-22(25-21-10-6-7-12-29(20)21)23(30)27(2)16-19-8-4-3-5-9-19/h3-13,18H,14-17H2,1-2H3. The lowest BCUT2D eigenvalue weighted by molar-refractivity contribution is 0.0777. The molecule has 1 amide bonds. The minimum Gasteiger partial charge on any atom is -0.336 e. The van der Waals surface area contributed by atoms with Crippen molar-refractivity contribution in [3.05, 3.63) is 90.4 Å². The quantitative estimate of drug-likeness (QED) is 0.455. The molecular formula is C23H26N6O. The summed E-state index contributed by atoms with van der Waals surface area (Å²) in [5.74, 6) is -0.0689. The largest absolute Gasteiger partial charge is 0.336 e. The molecule has 0 N–H and O–H groups in total. The summed E-state index contributed by atoms with van der Waals surface area (Å²) in [4.78, 5) is 26.0. The van der Waals surface area contributed by atoms with Crippen LogP contribution in [0.2, 0.25) is 0 Å². The van der Waals surface area contributed by atoms with Crippen LogP contribution in [0.25, 0.3) is 5.65 Å². The first-order valence-electron chi connectivity index (χ1n) is 10.0. The second kappa shape index (κ2) is 8.92. The van der Waals surface area contributed by atoms with Crippen molar-refractivity contribution in [1.29, 1.82) is 0 Å². The van der Waals surface area contributed by atoms with E-state index in [2.05, 4.69) is 21.9 Å². The third kappa shape index (κ3) is 4.41. The van der Waals surface area contributed by atoms with Crippen molar-refractivity contribution in [2.24, 2.45) is 0 Å². The summed E-state index contributed by atoms with van der Waals surface area (Å²) in [6.07, 6.45) is 7.52. The number of benzene rings is 1. The average molecular weight is 403 g/mol. The van der Waals surface area contributed by atoms with Gasteiger partial charge in [-0.25, -0.2) is 9.97 Å². The highest BCUT2D eigenvalue weighted by atomic mass is 16.2. The van der Waals surface area contributed by atoms with Gasteiger partial charge in [-0.05, 0) is 24.7 Å². The fourth-order valence-corrected chi connectivity index (χ4v) is 3.52. The van der Waals surface area contributed by atoms with Crippen LogP contribution in [0.3, 0.4) is 0 Å². The smallest absolute Gasteiger partial charge is 0.274 e. The summed E-state index contributed by atoms with van der Waals surface area (Å²) in [7, 11) is 3.88. The molecule has 0 fully saturated rings. The van der Waals surface area contributed by atoms with Crippen LogP contribution in [0.1, 0.15) is 21.7 Å². The van der Waals surface area contributed by atoms with Gasteiger partial charge in [-0.2, -0.15) is 0 Å². The van der Waals surface area contributed by atoms with Crippen LogP contribution in [0.15, 0.2) is 73.4 Å². The van der Waals surface area contributed by atoms with Gasteiger partial charge in [-0.1, -0.05) is 36.4 Å². The number of aromatic nitrogens is 4. The molecule has 4 aromatic rings. The molecule has 0 aliphatic heterocycles. The molecule has 1 aromatic carbocycles. The fraction of sp³-hybridized carbons (Fsp3) is 0.261. The van der Waals surface area contributed by atoms with E-state index in [9.17, 15) is 4.79 Å². The molecule has 0 aliphatic rings. The maximum absolute atomic E-state index is 13.3. The van der Waals surface area contributed by atoms with Crippen molar-refractivity contribution in [1.82, 2.24) is 28.7 Å². The SMILES string of the molecule is CN(CCn1ccnc1)Cc1c(C(=O)N(C)Cc2ccccc2)nc2ccccn12. The minimum absolute atomic E-state index is 0.0689. The van der Waals surface area contributed by atoms with Gasteiger partial charge in [0.1, 0.15) is 5.65 Å². The first-order chi connectivity index (χ1) is 14.6. The van der Waals surface area contributed by atoms with Gasteiger partial charge in [-0.3, -0.25) is 9.69 Å². The molecule has 0 bridgehead atoms. The van der Waals surface area contributed by atoms with E-state index in [1.807, 2.05) is 83.3 Å². The second-order valence-corrected chi connectivity index (χ2v) is 7.52.